The fourth-order valence-electron chi connectivity index (χ4n) is 1.84. The van der Waals surface area contributed by atoms with Gasteiger partial charge in [0, 0.05) is 0 Å². The molecular weight excluding hydrogens is 260 g/mol. The summed E-state index contributed by atoms with van der Waals surface area (Å²) in [5.74, 6) is 0.871. The van der Waals surface area contributed by atoms with Crippen LogP contribution in [0, 0.1) is 0 Å². The molecule has 2 rings (SSSR count). The number of ether oxygens (including phenoxy) is 2. The molecule has 0 saturated carbocycles. The maximum atomic E-state index is 5.80. The molecular formula is C19H20O2. The molecule has 0 radical (unpaired) electrons. The van der Waals surface area contributed by atoms with Gasteiger partial charge in [-0.15, -0.1) is 0 Å². The van der Waals surface area contributed by atoms with E-state index in [4.69, 9.17) is 9.47 Å². The number of hydrogen-bond donors (Lipinski definition) is 0. The van der Waals surface area contributed by atoms with Crippen molar-refractivity contribution in [2.45, 2.75) is 13.5 Å². The number of allylic oxidation sites excluding steroid dienone is 1. The summed E-state index contributed by atoms with van der Waals surface area (Å²) in [5, 5.41) is 0. The highest BCUT2D eigenvalue weighted by Crippen LogP contribution is 2.16. The van der Waals surface area contributed by atoms with Crippen molar-refractivity contribution in [2.75, 3.05) is 6.61 Å². The SMILES string of the molecule is C/C=C/OC/C=C/c1cccc(OCc2ccccc2)c1. The fraction of sp³-hybridized carbons (Fsp3) is 0.158. The minimum absolute atomic E-state index is 0.569. The van der Waals surface area contributed by atoms with Crippen molar-refractivity contribution in [3.05, 3.63) is 84.1 Å². The smallest absolute Gasteiger partial charge is 0.120 e. The molecule has 0 bridgehead atoms. The molecule has 108 valence electrons. The first-order valence-corrected chi connectivity index (χ1v) is 7.04. The monoisotopic (exact) mass is 280 g/mol. The highest BCUT2D eigenvalue weighted by Gasteiger charge is 1.96. The van der Waals surface area contributed by atoms with E-state index in [1.165, 1.54) is 0 Å². The average Bonchev–Trinajstić information content (AvgIpc) is 2.54. The van der Waals surface area contributed by atoms with E-state index in [0.717, 1.165) is 16.9 Å². The van der Waals surface area contributed by atoms with Crippen molar-refractivity contribution in [2.24, 2.45) is 0 Å². The lowest BCUT2D eigenvalue weighted by Gasteiger charge is -2.06. The lowest BCUT2D eigenvalue weighted by atomic mass is 10.2. The molecule has 0 fully saturated rings. The van der Waals surface area contributed by atoms with Gasteiger partial charge < -0.3 is 9.47 Å². The van der Waals surface area contributed by atoms with E-state index < -0.39 is 0 Å². The van der Waals surface area contributed by atoms with Crippen molar-refractivity contribution < 1.29 is 9.47 Å². The van der Waals surface area contributed by atoms with Crippen LogP contribution in [0.2, 0.25) is 0 Å². The van der Waals surface area contributed by atoms with Gasteiger partial charge in [0.2, 0.25) is 0 Å². The van der Waals surface area contributed by atoms with E-state index in [2.05, 4.69) is 12.1 Å². The molecule has 0 aliphatic heterocycles. The molecule has 0 atom stereocenters. The minimum Gasteiger partial charge on any atom is -0.497 e. The van der Waals surface area contributed by atoms with Gasteiger partial charge in [-0.2, -0.15) is 0 Å². The summed E-state index contributed by atoms with van der Waals surface area (Å²) in [7, 11) is 0. The Kier molecular flexibility index (Phi) is 6.14. The summed E-state index contributed by atoms with van der Waals surface area (Å²) in [6.07, 6.45) is 7.56. The Morgan fingerprint density at radius 3 is 2.67 bits per heavy atom. The van der Waals surface area contributed by atoms with E-state index in [-0.39, 0.29) is 0 Å². The number of rotatable bonds is 7. The first-order valence-electron chi connectivity index (χ1n) is 7.04. The Hall–Kier alpha value is -2.48. The molecule has 2 nitrogen and oxygen atoms in total. The summed E-state index contributed by atoms with van der Waals surface area (Å²) >= 11 is 0. The molecule has 0 N–H and O–H groups in total. The summed E-state index contributed by atoms with van der Waals surface area (Å²) in [6.45, 7) is 3.08. The van der Waals surface area contributed by atoms with Crippen LogP contribution in [0.4, 0.5) is 0 Å². The van der Waals surface area contributed by atoms with Gasteiger partial charge in [-0.05, 0) is 36.3 Å². The Morgan fingerprint density at radius 1 is 1.00 bits per heavy atom. The van der Waals surface area contributed by atoms with Crippen molar-refractivity contribution >= 4 is 6.08 Å². The average molecular weight is 280 g/mol. The van der Waals surface area contributed by atoms with Crippen LogP contribution >= 0.6 is 0 Å². The topological polar surface area (TPSA) is 18.5 Å². The van der Waals surface area contributed by atoms with Crippen LogP contribution in [-0.2, 0) is 11.3 Å². The number of benzene rings is 2. The van der Waals surface area contributed by atoms with Crippen LogP contribution in [-0.4, -0.2) is 6.61 Å². The minimum atomic E-state index is 0.569. The summed E-state index contributed by atoms with van der Waals surface area (Å²) in [4.78, 5) is 0. The zero-order valence-corrected chi connectivity index (χ0v) is 12.2. The number of hydrogen-bond acceptors (Lipinski definition) is 2. The van der Waals surface area contributed by atoms with Crippen molar-refractivity contribution in [1.29, 1.82) is 0 Å². The summed E-state index contributed by atoms with van der Waals surface area (Å²) < 4.78 is 11.0. The standard InChI is InChI=1S/C19H20O2/c1-2-13-20-14-7-11-17-10-6-12-19(15-17)21-16-18-8-4-3-5-9-18/h2-13,15H,14,16H2,1H3/b11-7+,13-2+. The largest absolute Gasteiger partial charge is 0.497 e. The first-order chi connectivity index (χ1) is 10.4. The molecule has 0 aliphatic carbocycles. The van der Waals surface area contributed by atoms with Gasteiger partial charge in [-0.3, -0.25) is 0 Å². The molecule has 0 saturated heterocycles. The van der Waals surface area contributed by atoms with Crippen LogP contribution in [0.5, 0.6) is 5.75 Å². The molecule has 0 amide bonds. The molecule has 2 aromatic rings. The second kappa shape index (κ2) is 8.64. The van der Waals surface area contributed by atoms with E-state index in [9.17, 15) is 0 Å². The van der Waals surface area contributed by atoms with Crippen LogP contribution in [0.1, 0.15) is 18.1 Å². The molecule has 0 spiro atoms. The molecule has 0 unspecified atom stereocenters. The third kappa shape index (κ3) is 5.57. The van der Waals surface area contributed by atoms with Crippen LogP contribution in [0.15, 0.2) is 73.0 Å². The van der Waals surface area contributed by atoms with Crippen molar-refractivity contribution in [1.82, 2.24) is 0 Å². The fourth-order valence-corrected chi connectivity index (χ4v) is 1.84. The van der Waals surface area contributed by atoms with Crippen LogP contribution in [0.25, 0.3) is 6.08 Å². The third-order valence-corrected chi connectivity index (χ3v) is 2.84. The third-order valence-electron chi connectivity index (χ3n) is 2.84. The molecule has 0 aromatic heterocycles. The highest BCUT2D eigenvalue weighted by molar-refractivity contribution is 5.51. The maximum absolute atomic E-state index is 5.80. The first kappa shape index (κ1) is 14.9. The highest BCUT2D eigenvalue weighted by atomic mass is 16.5. The van der Waals surface area contributed by atoms with Gasteiger partial charge in [0.15, 0.2) is 0 Å². The van der Waals surface area contributed by atoms with Crippen LogP contribution in [0.3, 0.4) is 0 Å². The van der Waals surface area contributed by atoms with Gasteiger partial charge in [0.1, 0.15) is 19.0 Å². The van der Waals surface area contributed by atoms with Crippen LogP contribution < -0.4 is 4.74 Å². The lowest BCUT2D eigenvalue weighted by Crippen LogP contribution is -1.94. The lowest BCUT2D eigenvalue weighted by molar-refractivity contribution is 0.290. The zero-order valence-electron chi connectivity index (χ0n) is 12.2. The zero-order chi connectivity index (χ0) is 14.8. The van der Waals surface area contributed by atoms with Crippen molar-refractivity contribution in [3.63, 3.8) is 0 Å². The molecule has 2 aromatic carbocycles. The predicted octanol–water partition coefficient (Wildman–Crippen LogP) is 4.83. The molecule has 2 heteroatoms. The van der Waals surface area contributed by atoms with E-state index in [0.29, 0.717) is 13.2 Å². The van der Waals surface area contributed by atoms with Gasteiger partial charge in [-0.25, -0.2) is 0 Å². The Labute approximate surface area is 126 Å². The quantitative estimate of drug-likeness (QED) is 0.534. The summed E-state index contributed by atoms with van der Waals surface area (Å²) in [5.41, 5.74) is 2.27. The molecule has 0 aliphatic rings. The van der Waals surface area contributed by atoms with Gasteiger partial charge in [0.25, 0.3) is 0 Å². The van der Waals surface area contributed by atoms with Gasteiger partial charge >= 0.3 is 0 Å². The second-order valence-electron chi connectivity index (χ2n) is 4.55. The second-order valence-corrected chi connectivity index (χ2v) is 4.55. The Balaban J connectivity index is 1.88. The Bertz CT molecular complexity index is 586. The maximum Gasteiger partial charge on any atom is 0.120 e. The normalized spacial score (nSPS) is 11.1. The molecule has 21 heavy (non-hydrogen) atoms. The summed E-state index contributed by atoms with van der Waals surface area (Å²) in [6, 6.07) is 18.2. The van der Waals surface area contributed by atoms with E-state index in [1.54, 1.807) is 6.26 Å². The van der Waals surface area contributed by atoms with Crippen molar-refractivity contribution in [3.8, 4) is 5.75 Å². The predicted molar refractivity (Wildman–Crippen MR) is 87.0 cm³/mol. The van der Waals surface area contributed by atoms with Gasteiger partial charge in [-0.1, -0.05) is 54.6 Å². The Morgan fingerprint density at radius 2 is 1.86 bits per heavy atom. The molecule has 0 heterocycles. The van der Waals surface area contributed by atoms with E-state index in [1.807, 2.05) is 67.6 Å². The van der Waals surface area contributed by atoms with E-state index >= 15 is 0 Å². The van der Waals surface area contributed by atoms with Gasteiger partial charge in [0.05, 0.1) is 6.26 Å².